The van der Waals surface area contributed by atoms with E-state index in [4.69, 9.17) is 5.73 Å². The average Bonchev–Trinajstić information content (AvgIpc) is 2.38. The maximum atomic E-state index is 13.1. The molecule has 0 aliphatic heterocycles. The van der Waals surface area contributed by atoms with Crippen LogP contribution in [0.4, 0.5) is 4.39 Å². The predicted molar refractivity (Wildman–Crippen MR) is 82.6 cm³/mol. The number of nitrogens with one attached hydrogen (secondary N) is 1. The van der Waals surface area contributed by atoms with Crippen LogP contribution in [0.3, 0.4) is 0 Å². The molecule has 20 heavy (non-hydrogen) atoms. The Bertz CT molecular complexity index is 451. The topological polar surface area (TPSA) is 55.1 Å². The first-order valence-corrected chi connectivity index (χ1v) is 7.62. The molecule has 0 fully saturated rings. The van der Waals surface area contributed by atoms with Gasteiger partial charge < -0.3 is 11.1 Å². The van der Waals surface area contributed by atoms with Crippen molar-refractivity contribution in [3.05, 3.63) is 34.1 Å². The summed E-state index contributed by atoms with van der Waals surface area (Å²) in [4.78, 5) is 11.9. The number of rotatable bonds is 7. The summed E-state index contributed by atoms with van der Waals surface area (Å²) in [5.74, 6) is 0.369. The smallest absolute Gasteiger partial charge is 0.220 e. The Balaban J connectivity index is 2.48. The largest absolute Gasteiger partial charge is 0.352 e. The molecular formula is C15H22BrFN2O. The lowest BCUT2D eigenvalue weighted by molar-refractivity contribution is -0.122. The van der Waals surface area contributed by atoms with Crippen LogP contribution < -0.4 is 11.1 Å². The summed E-state index contributed by atoms with van der Waals surface area (Å²) in [6, 6.07) is 4.43. The van der Waals surface area contributed by atoms with E-state index in [0.29, 0.717) is 25.4 Å². The van der Waals surface area contributed by atoms with Gasteiger partial charge in [-0.2, -0.15) is 0 Å². The number of hydrogen-bond donors (Lipinski definition) is 2. The Morgan fingerprint density at radius 1 is 1.45 bits per heavy atom. The minimum atomic E-state index is -0.308. The molecule has 0 saturated heterocycles. The first kappa shape index (κ1) is 17.1. The van der Waals surface area contributed by atoms with E-state index in [1.165, 1.54) is 12.1 Å². The summed E-state index contributed by atoms with van der Waals surface area (Å²) in [6.45, 7) is 5.06. The second-order valence-electron chi connectivity index (χ2n) is 5.45. The Kier molecular flexibility index (Phi) is 7.16. The van der Waals surface area contributed by atoms with Crippen molar-refractivity contribution in [1.82, 2.24) is 5.32 Å². The van der Waals surface area contributed by atoms with Crippen molar-refractivity contribution in [1.29, 1.82) is 0 Å². The zero-order valence-corrected chi connectivity index (χ0v) is 13.5. The lowest BCUT2D eigenvalue weighted by atomic mass is 9.94. The molecule has 1 atom stereocenters. The summed E-state index contributed by atoms with van der Waals surface area (Å²) in [7, 11) is 0. The van der Waals surface area contributed by atoms with Gasteiger partial charge in [-0.3, -0.25) is 4.79 Å². The molecule has 3 N–H and O–H groups in total. The van der Waals surface area contributed by atoms with Gasteiger partial charge in [0.25, 0.3) is 0 Å². The van der Waals surface area contributed by atoms with Crippen molar-refractivity contribution in [2.75, 3.05) is 6.54 Å². The standard InChI is InChI=1S/C15H22BrFN2O/c1-10(2)5-11(8-18)6-15(20)19-9-12-7-13(17)3-4-14(12)16/h3-4,7,10-11H,5-6,8-9,18H2,1-2H3,(H,19,20). The van der Waals surface area contributed by atoms with Gasteiger partial charge in [0.1, 0.15) is 5.82 Å². The fourth-order valence-corrected chi connectivity index (χ4v) is 2.52. The zero-order valence-electron chi connectivity index (χ0n) is 12.0. The van der Waals surface area contributed by atoms with Crippen LogP contribution in [0.15, 0.2) is 22.7 Å². The quantitative estimate of drug-likeness (QED) is 0.797. The number of amides is 1. The number of carbonyl (C=O) groups is 1. The van der Waals surface area contributed by atoms with Crippen molar-refractivity contribution in [2.24, 2.45) is 17.6 Å². The van der Waals surface area contributed by atoms with Crippen LogP contribution in [0.5, 0.6) is 0 Å². The van der Waals surface area contributed by atoms with E-state index in [2.05, 4.69) is 35.1 Å². The lowest BCUT2D eigenvalue weighted by Gasteiger charge is -2.16. The molecule has 1 aromatic rings. The molecule has 0 heterocycles. The first-order chi connectivity index (χ1) is 9.42. The minimum Gasteiger partial charge on any atom is -0.352 e. The van der Waals surface area contributed by atoms with Gasteiger partial charge in [-0.25, -0.2) is 4.39 Å². The molecule has 0 aliphatic carbocycles. The van der Waals surface area contributed by atoms with E-state index in [1.54, 1.807) is 6.07 Å². The van der Waals surface area contributed by atoms with Crippen molar-refractivity contribution in [2.45, 2.75) is 33.2 Å². The van der Waals surface area contributed by atoms with E-state index < -0.39 is 0 Å². The van der Waals surface area contributed by atoms with E-state index in [9.17, 15) is 9.18 Å². The molecular weight excluding hydrogens is 323 g/mol. The monoisotopic (exact) mass is 344 g/mol. The molecule has 0 spiro atoms. The second-order valence-corrected chi connectivity index (χ2v) is 6.30. The normalized spacial score (nSPS) is 12.5. The summed E-state index contributed by atoms with van der Waals surface area (Å²) >= 11 is 3.34. The second kappa shape index (κ2) is 8.37. The van der Waals surface area contributed by atoms with Crippen molar-refractivity contribution >= 4 is 21.8 Å². The van der Waals surface area contributed by atoms with Crippen molar-refractivity contribution < 1.29 is 9.18 Å². The lowest BCUT2D eigenvalue weighted by Crippen LogP contribution is -2.28. The van der Waals surface area contributed by atoms with E-state index in [-0.39, 0.29) is 17.6 Å². The third-order valence-electron chi connectivity index (χ3n) is 3.10. The van der Waals surface area contributed by atoms with Gasteiger partial charge in [0.2, 0.25) is 5.91 Å². The predicted octanol–water partition coefficient (Wildman–Crippen LogP) is 3.22. The summed E-state index contributed by atoms with van der Waals surface area (Å²) < 4.78 is 13.9. The molecule has 0 bridgehead atoms. The summed E-state index contributed by atoms with van der Waals surface area (Å²) in [5, 5.41) is 2.81. The molecule has 1 unspecified atom stereocenters. The highest BCUT2D eigenvalue weighted by Crippen LogP contribution is 2.18. The summed E-state index contributed by atoms with van der Waals surface area (Å²) in [5.41, 5.74) is 6.41. The minimum absolute atomic E-state index is 0.0442. The Morgan fingerprint density at radius 3 is 2.75 bits per heavy atom. The van der Waals surface area contributed by atoms with Gasteiger partial charge >= 0.3 is 0 Å². The Labute approximate surface area is 128 Å². The fourth-order valence-electron chi connectivity index (χ4n) is 2.14. The third-order valence-corrected chi connectivity index (χ3v) is 3.87. The molecule has 3 nitrogen and oxygen atoms in total. The summed E-state index contributed by atoms with van der Waals surface area (Å²) in [6.07, 6.45) is 1.36. The van der Waals surface area contributed by atoms with Gasteiger partial charge in [-0.15, -0.1) is 0 Å². The number of nitrogens with two attached hydrogens (primary N) is 1. The third kappa shape index (κ3) is 6.01. The van der Waals surface area contributed by atoms with Crippen LogP contribution in [0.2, 0.25) is 0 Å². The van der Waals surface area contributed by atoms with E-state index >= 15 is 0 Å². The number of benzene rings is 1. The van der Waals surface area contributed by atoms with Gasteiger partial charge in [-0.05, 0) is 48.6 Å². The van der Waals surface area contributed by atoms with Crippen LogP contribution in [-0.2, 0) is 11.3 Å². The van der Waals surface area contributed by atoms with Crippen LogP contribution in [-0.4, -0.2) is 12.5 Å². The maximum Gasteiger partial charge on any atom is 0.220 e. The Morgan fingerprint density at radius 2 is 2.15 bits per heavy atom. The molecule has 5 heteroatoms. The van der Waals surface area contributed by atoms with Crippen LogP contribution in [0.25, 0.3) is 0 Å². The van der Waals surface area contributed by atoms with Crippen LogP contribution in [0.1, 0.15) is 32.3 Å². The van der Waals surface area contributed by atoms with Gasteiger partial charge in [-0.1, -0.05) is 29.8 Å². The molecule has 1 rings (SSSR count). The highest BCUT2D eigenvalue weighted by molar-refractivity contribution is 9.10. The van der Waals surface area contributed by atoms with Crippen LogP contribution in [0, 0.1) is 17.7 Å². The van der Waals surface area contributed by atoms with Gasteiger partial charge in [0, 0.05) is 17.4 Å². The number of halogens is 2. The van der Waals surface area contributed by atoms with Gasteiger partial charge in [0.15, 0.2) is 0 Å². The van der Waals surface area contributed by atoms with Crippen molar-refractivity contribution in [3.8, 4) is 0 Å². The molecule has 0 aliphatic rings. The number of carbonyl (C=O) groups excluding carboxylic acids is 1. The molecule has 0 aromatic heterocycles. The molecule has 1 aromatic carbocycles. The Hall–Kier alpha value is -0.940. The van der Waals surface area contributed by atoms with Crippen LogP contribution >= 0.6 is 15.9 Å². The van der Waals surface area contributed by atoms with E-state index in [1.807, 2.05) is 0 Å². The SMILES string of the molecule is CC(C)CC(CN)CC(=O)NCc1cc(F)ccc1Br. The maximum absolute atomic E-state index is 13.1. The molecule has 1 amide bonds. The molecule has 0 radical (unpaired) electrons. The highest BCUT2D eigenvalue weighted by atomic mass is 79.9. The molecule has 0 saturated carbocycles. The fraction of sp³-hybridized carbons (Fsp3) is 0.533. The molecule has 112 valence electrons. The highest BCUT2D eigenvalue weighted by Gasteiger charge is 2.14. The van der Waals surface area contributed by atoms with Gasteiger partial charge in [0.05, 0.1) is 0 Å². The zero-order chi connectivity index (χ0) is 15.1. The van der Waals surface area contributed by atoms with E-state index in [0.717, 1.165) is 16.5 Å². The average molecular weight is 345 g/mol. The van der Waals surface area contributed by atoms with Crippen molar-refractivity contribution in [3.63, 3.8) is 0 Å². The number of hydrogen-bond acceptors (Lipinski definition) is 2. The first-order valence-electron chi connectivity index (χ1n) is 6.83.